The summed E-state index contributed by atoms with van der Waals surface area (Å²) in [5.41, 5.74) is 6.42. The van der Waals surface area contributed by atoms with Gasteiger partial charge in [-0.15, -0.1) is 0 Å². The zero-order valence-corrected chi connectivity index (χ0v) is 12.0. The maximum Gasteiger partial charge on any atom is 0.188 e. The second-order valence-electron chi connectivity index (χ2n) is 6.43. The van der Waals surface area contributed by atoms with Crippen molar-refractivity contribution < 1.29 is 4.74 Å². The molecule has 0 aromatic carbocycles. The van der Waals surface area contributed by atoms with Gasteiger partial charge in [-0.25, -0.2) is 0 Å². The number of nitrogens with one attached hydrogen (secondary N) is 1. The topological polar surface area (TPSA) is 59.6 Å². The predicted octanol–water partition coefficient (Wildman–Crippen LogP) is 2.04. The molecule has 2 saturated carbocycles. The van der Waals surface area contributed by atoms with Crippen LogP contribution in [0.4, 0.5) is 0 Å². The summed E-state index contributed by atoms with van der Waals surface area (Å²) in [6.07, 6.45) is 9.26. The Morgan fingerprint density at radius 3 is 2.95 bits per heavy atom. The predicted molar refractivity (Wildman–Crippen MR) is 77.1 cm³/mol. The highest BCUT2D eigenvalue weighted by Crippen LogP contribution is 2.60. The van der Waals surface area contributed by atoms with Crippen molar-refractivity contribution in [2.45, 2.75) is 64.0 Å². The molecule has 3 atom stereocenters. The fourth-order valence-electron chi connectivity index (χ4n) is 4.47. The lowest BCUT2D eigenvalue weighted by atomic mass is 9.54. The number of rotatable bonds is 4. The number of aliphatic imine (C=N–C) groups is 1. The maximum absolute atomic E-state index is 6.06. The van der Waals surface area contributed by atoms with Crippen LogP contribution in [0.3, 0.4) is 0 Å². The van der Waals surface area contributed by atoms with Crippen LogP contribution in [-0.4, -0.2) is 31.3 Å². The molecule has 3 fully saturated rings. The molecule has 3 rings (SSSR count). The molecule has 0 radical (unpaired) electrons. The highest BCUT2D eigenvalue weighted by molar-refractivity contribution is 5.78. The van der Waals surface area contributed by atoms with E-state index in [1.807, 2.05) is 0 Å². The summed E-state index contributed by atoms with van der Waals surface area (Å²) >= 11 is 0. The van der Waals surface area contributed by atoms with Crippen molar-refractivity contribution in [1.29, 1.82) is 0 Å². The van der Waals surface area contributed by atoms with E-state index < -0.39 is 0 Å². The normalized spacial score (nSPS) is 36.3. The molecule has 19 heavy (non-hydrogen) atoms. The first kappa shape index (κ1) is 13.2. The molecule has 2 aliphatic carbocycles. The van der Waals surface area contributed by atoms with E-state index in [4.69, 9.17) is 10.5 Å². The first-order valence-electron chi connectivity index (χ1n) is 7.96. The molecule has 4 heteroatoms. The number of nitrogens with zero attached hydrogens (tertiary/aromatic N) is 1. The van der Waals surface area contributed by atoms with Crippen LogP contribution in [0.2, 0.25) is 0 Å². The molecule has 0 bridgehead atoms. The van der Waals surface area contributed by atoms with Crippen LogP contribution in [0.1, 0.15) is 51.9 Å². The SMILES string of the molecule is CCCCN=C(N)NC1C2CCOC2C12CCCC2. The Hall–Kier alpha value is -0.770. The smallest absolute Gasteiger partial charge is 0.188 e. The second kappa shape index (κ2) is 5.31. The largest absolute Gasteiger partial charge is 0.377 e. The minimum atomic E-state index is 0.367. The van der Waals surface area contributed by atoms with E-state index in [2.05, 4.69) is 17.2 Å². The lowest BCUT2D eigenvalue weighted by Crippen LogP contribution is -2.69. The number of hydrogen-bond donors (Lipinski definition) is 2. The number of guanidine groups is 1. The van der Waals surface area contributed by atoms with Crippen molar-refractivity contribution in [3.63, 3.8) is 0 Å². The average molecular weight is 265 g/mol. The minimum absolute atomic E-state index is 0.367. The molecule has 0 aromatic heterocycles. The maximum atomic E-state index is 6.06. The molecular weight excluding hydrogens is 238 g/mol. The van der Waals surface area contributed by atoms with Gasteiger partial charge in [0.1, 0.15) is 0 Å². The van der Waals surface area contributed by atoms with E-state index >= 15 is 0 Å². The molecule has 3 aliphatic rings. The standard InChI is InChI=1S/C15H27N3O/c1-2-3-9-17-14(16)18-12-11-6-10-19-13(11)15(12)7-4-5-8-15/h11-13H,2-10H2,1H3,(H3,16,17,18). The number of unbranched alkanes of at least 4 members (excludes halogenated alkanes) is 1. The number of fused-ring (bicyclic) bond motifs is 2. The van der Waals surface area contributed by atoms with Crippen LogP contribution in [0.5, 0.6) is 0 Å². The van der Waals surface area contributed by atoms with Gasteiger partial charge in [-0.3, -0.25) is 4.99 Å². The van der Waals surface area contributed by atoms with Crippen LogP contribution in [0.25, 0.3) is 0 Å². The number of ether oxygens (including phenoxy) is 1. The molecule has 0 aromatic rings. The fraction of sp³-hybridized carbons (Fsp3) is 0.933. The van der Waals surface area contributed by atoms with E-state index in [1.165, 1.54) is 38.5 Å². The molecule has 0 amide bonds. The third kappa shape index (κ3) is 2.14. The summed E-state index contributed by atoms with van der Waals surface area (Å²) in [6, 6.07) is 0.507. The fourth-order valence-corrected chi connectivity index (χ4v) is 4.47. The Balaban J connectivity index is 1.64. The van der Waals surface area contributed by atoms with Gasteiger partial charge in [-0.1, -0.05) is 26.2 Å². The summed E-state index contributed by atoms with van der Waals surface area (Å²) in [7, 11) is 0. The van der Waals surface area contributed by atoms with Gasteiger partial charge in [0.2, 0.25) is 0 Å². The van der Waals surface area contributed by atoms with E-state index in [-0.39, 0.29) is 0 Å². The zero-order chi connectivity index (χ0) is 13.3. The molecular formula is C15H27N3O. The summed E-state index contributed by atoms with van der Waals surface area (Å²) in [4.78, 5) is 4.45. The quantitative estimate of drug-likeness (QED) is 0.464. The molecule has 1 saturated heterocycles. The van der Waals surface area contributed by atoms with E-state index in [0.29, 0.717) is 29.4 Å². The van der Waals surface area contributed by atoms with Crippen LogP contribution in [-0.2, 0) is 4.74 Å². The Bertz CT molecular complexity index is 349. The summed E-state index contributed by atoms with van der Waals surface area (Å²) in [6.45, 7) is 3.96. The van der Waals surface area contributed by atoms with Crippen molar-refractivity contribution in [2.24, 2.45) is 22.1 Å². The summed E-state index contributed by atoms with van der Waals surface area (Å²) in [5.74, 6) is 1.31. The van der Waals surface area contributed by atoms with Crippen molar-refractivity contribution in [3.05, 3.63) is 0 Å². The lowest BCUT2D eigenvalue weighted by Gasteiger charge is -2.57. The van der Waals surface area contributed by atoms with E-state index in [0.717, 1.165) is 19.6 Å². The van der Waals surface area contributed by atoms with Gasteiger partial charge in [0.05, 0.1) is 6.10 Å². The van der Waals surface area contributed by atoms with Gasteiger partial charge in [-0.2, -0.15) is 0 Å². The zero-order valence-electron chi connectivity index (χ0n) is 12.0. The third-order valence-electron chi connectivity index (χ3n) is 5.38. The van der Waals surface area contributed by atoms with Crippen LogP contribution in [0, 0.1) is 11.3 Å². The van der Waals surface area contributed by atoms with Crippen LogP contribution in [0.15, 0.2) is 4.99 Å². The first-order valence-corrected chi connectivity index (χ1v) is 7.96. The third-order valence-corrected chi connectivity index (χ3v) is 5.38. The molecule has 3 unspecified atom stereocenters. The number of nitrogens with two attached hydrogens (primary N) is 1. The molecule has 1 aliphatic heterocycles. The second-order valence-corrected chi connectivity index (χ2v) is 6.43. The molecule has 1 heterocycles. The Kier molecular flexibility index (Phi) is 3.70. The first-order chi connectivity index (χ1) is 9.28. The summed E-state index contributed by atoms with van der Waals surface area (Å²) in [5, 5.41) is 3.53. The molecule has 108 valence electrons. The summed E-state index contributed by atoms with van der Waals surface area (Å²) < 4.78 is 5.98. The minimum Gasteiger partial charge on any atom is -0.377 e. The van der Waals surface area contributed by atoms with Crippen molar-refractivity contribution >= 4 is 5.96 Å². The lowest BCUT2D eigenvalue weighted by molar-refractivity contribution is -0.124. The van der Waals surface area contributed by atoms with Crippen LogP contribution >= 0.6 is 0 Å². The Morgan fingerprint density at radius 2 is 2.21 bits per heavy atom. The van der Waals surface area contributed by atoms with Crippen molar-refractivity contribution in [3.8, 4) is 0 Å². The van der Waals surface area contributed by atoms with Gasteiger partial charge in [0, 0.05) is 30.5 Å². The highest BCUT2D eigenvalue weighted by Gasteiger charge is 2.64. The molecule has 3 N–H and O–H groups in total. The van der Waals surface area contributed by atoms with Gasteiger partial charge >= 0.3 is 0 Å². The van der Waals surface area contributed by atoms with Gasteiger partial charge in [-0.05, 0) is 25.7 Å². The van der Waals surface area contributed by atoms with E-state index in [9.17, 15) is 0 Å². The highest BCUT2D eigenvalue weighted by atomic mass is 16.5. The molecule has 4 nitrogen and oxygen atoms in total. The van der Waals surface area contributed by atoms with Gasteiger partial charge in [0.15, 0.2) is 5.96 Å². The average Bonchev–Trinajstić information content (AvgIpc) is 3.04. The Morgan fingerprint density at radius 1 is 1.42 bits per heavy atom. The Labute approximate surface area is 116 Å². The number of hydrogen-bond acceptors (Lipinski definition) is 2. The van der Waals surface area contributed by atoms with Crippen LogP contribution < -0.4 is 11.1 Å². The van der Waals surface area contributed by atoms with Crippen molar-refractivity contribution in [2.75, 3.05) is 13.2 Å². The molecule has 1 spiro atoms. The monoisotopic (exact) mass is 265 g/mol. The van der Waals surface area contributed by atoms with E-state index in [1.54, 1.807) is 0 Å². The van der Waals surface area contributed by atoms with Crippen molar-refractivity contribution in [1.82, 2.24) is 5.32 Å². The van der Waals surface area contributed by atoms with Gasteiger partial charge < -0.3 is 15.8 Å². The van der Waals surface area contributed by atoms with Gasteiger partial charge in [0.25, 0.3) is 0 Å².